The van der Waals surface area contributed by atoms with E-state index >= 15 is 0 Å². The number of imidazole rings is 1. The summed E-state index contributed by atoms with van der Waals surface area (Å²) in [6.45, 7) is 6.42. The maximum absolute atomic E-state index is 11.5. The van der Waals surface area contributed by atoms with E-state index in [1.165, 1.54) is 5.69 Å². The number of halogens is 1. The van der Waals surface area contributed by atoms with Gasteiger partial charge in [-0.25, -0.2) is 4.98 Å². The first kappa shape index (κ1) is 17.6. The van der Waals surface area contributed by atoms with Crippen molar-refractivity contribution in [2.75, 3.05) is 44.7 Å². The van der Waals surface area contributed by atoms with Crippen molar-refractivity contribution in [1.29, 1.82) is 0 Å². The Morgan fingerprint density at radius 1 is 1.30 bits per heavy atom. The molecule has 3 rings (SSSR count). The van der Waals surface area contributed by atoms with Crippen molar-refractivity contribution in [3.63, 3.8) is 0 Å². The van der Waals surface area contributed by atoms with Gasteiger partial charge in [-0.3, -0.25) is 4.79 Å². The summed E-state index contributed by atoms with van der Waals surface area (Å²) < 4.78 is 4.96. The highest BCUT2D eigenvalue weighted by atomic mass is 35.5. The molecular weight excluding hydrogens is 316 g/mol. The lowest BCUT2D eigenvalue weighted by Crippen LogP contribution is -2.44. The molecule has 1 aromatic carbocycles. The van der Waals surface area contributed by atoms with E-state index < -0.39 is 0 Å². The number of hydrogen-bond donors (Lipinski definition) is 1. The maximum Gasteiger partial charge on any atom is 0.313 e. The smallest absolute Gasteiger partial charge is 0.313 e. The van der Waals surface area contributed by atoms with Crippen molar-refractivity contribution in [3.05, 3.63) is 24.0 Å². The second kappa shape index (κ2) is 7.66. The molecular formula is C16H23ClN4O2. The zero-order chi connectivity index (χ0) is 15.5. The van der Waals surface area contributed by atoms with Crippen LogP contribution in [-0.4, -0.2) is 60.7 Å². The van der Waals surface area contributed by atoms with Crippen molar-refractivity contribution in [1.82, 2.24) is 14.9 Å². The predicted molar refractivity (Wildman–Crippen MR) is 93.4 cm³/mol. The molecule has 2 heterocycles. The first-order chi connectivity index (χ1) is 10.7. The Kier molecular flexibility index (Phi) is 5.85. The summed E-state index contributed by atoms with van der Waals surface area (Å²) in [6, 6.07) is 6.22. The van der Waals surface area contributed by atoms with E-state index in [2.05, 4.69) is 38.9 Å². The molecule has 0 unspecified atom stereocenters. The molecule has 0 bridgehead atoms. The fourth-order valence-electron chi connectivity index (χ4n) is 2.74. The summed E-state index contributed by atoms with van der Waals surface area (Å²) in [5, 5.41) is 0. The largest absolute Gasteiger partial charge is 0.466 e. The first-order valence-electron chi connectivity index (χ1n) is 7.73. The number of rotatable bonds is 4. The fraction of sp³-hybridized carbons (Fsp3) is 0.500. The average Bonchev–Trinajstić information content (AvgIpc) is 2.89. The third-order valence-electron chi connectivity index (χ3n) is 4.00. The van der Waals surface area contributed by atoms with Gasteiger partial charge in [-0.1, -0.05) is 0 Å². The van der Waals surface area contributed by atoms with E-state index in [4.69, 9.17) is 4.74 Å². The number of hydrogen-bond acceptors (Lipinski definition) is 5. The van der Waals surface area contributed by atoms with Crippen molar-refractivity contribution < 1.29 is 9.53 Å². The number of benzene rings is 1. The minimum Gasteiger partial charge on any atom is -0.466 e. The summed E-state index contributed by atoms with van der Waals surface area (Å²) in [4.78, 5) is 23.9. The van der Waals surface area contributed by atoms with Gasteiger partial charge in [0.15, 0.2) is 0 Å². The average molecular weight is 339 g/mol. The molecule has 6 nitrogen and oxygen atoms in total. The molecule has 1 fully saturated rings. The Labute approximate surface area is 142 Å². The summed E-state index contributed by atoms with van der Waals surface area (Å²) in [5.41, 5.74) is 3.06. The van der Waals surface area contributed by atoms with Crippen molar-refractivity contribution in [2.45, 2.75) is 13.3 Å². The van der Waals surface area contributed by atoms with Crippen molar-refractivity contribution in [3.8, 4) is 0 Å². The molecule has 1 aliphatic heterocycles. The lowest BCUT2D eigenvalue weighted by atomic mass is 10.2. The lowest BCUT2D eigenvalue weighted by molar-refractivity contribution is -0.142. The van der Waals surface area contributed by atoms with E-state index in [1.807, 2.05) is 6.07 Å². The van der Waals surface area contributed by atoms with Gasteiger partial charge >= 0.3 is 5.97 Å². The SMILES string of the molecule is CCOC(=O)Cc1nc2ccc(N3CCN(C)CC3)cc2[nH]1.Cl. The van der Waals surface area contributed by atoms with Crippen LogP contribution in [0.25, 0.3) is 11.0 Å². The molecule has 0 radical (unpaired) electrons. The number of anilines is 1. The van der Waals surface area contributed by atoms with Crippen LogP contribution in [0.4, 0.5) is 5.69 Å². The van der Waals surface area contributed by atoms with Crippen molar-refractivity contribution in [2.24, 2.45) is 0 Å². The molecule has 7 heteroatoms. The first-order valence-corrected chi connectivity index (χ1v) is 7.73. The third-order valence-corrected chi connectivity index (χ3v) is 4.00. The number of carbonyl (C=O) groups is 1. The zero-order valence-electron chi connectivity index (χ0n) is 13.5. The summed E-state index contributed by atoms with van der Waals surface area (Å²) in [5.74, 6) is 0.407. The van der Waals surface area contributed by atoms with Gasteiger partial charge in [0.1, 0.15) is 12.2 Å². The Morgan fingerprint density at radius 3 is 2.74 bits per heavy atom. The predicted octanol–water partition coefficient (Wildman–Crippen LogP) is 1.84. The number of aromatic amines is 1. The number of H-pyrrole nitrogens is 1. The number of carbonyl (C=O) groups excluding carboxylic acids is 1. The van der Waals surface area contributed by atoms with E-state index in [0.717, 1.165) is 37.2 Å². The topological polar surface area (TPSA) is 61.5 Å². The van der Waals surface area contributed by atoms with Gasteiger partial charge in [0.25, 0.3) is 0 Å². The van der Waals surface area contributed by atoms with Crippen molar-refractivity contribution >= 4 is 35.1 Å². The highest BCUT2D eigenvalue weighted by molar-refractivity contribution is 5.85. The number of likely N-dealkylation sites (N-methyl/N-ethyl adjacent to an activating group) is 1. The van der Waals surface area contributed by atoms with Crippen LogP contribution in [0.15, 0.2) is 18.2 Å². The number of ether oxygens (including phenoxy) is 1. The molecule has 2 aromatic rings. The minimum absolute atomic E-state index is 0. The van der Waals surface area contributed by atoms with Gasteiger partial charge in [0.2, 0.25) is 0 Å². The van der Waals surface area contributed by atoms with Gasteiger partial charge < -0.3 is 19.5 Å². The van der Waals surface area contributed by atoms with Gasteiger partial charge in [-0.2, -0.15) is 0 Å². The van der Waals surface area contributed by atoms with Gasteiger partial charge in [-0.05, 0) is 32.2 Å². The van der Waals surface area contributed by atoms with Gasteiger partial charge in [0, 0.05) is 31.9 Å². The van der Waals surface area contributed by atoms with E-state index in [-0.39, 0.29) is 24.8 Å². The van der Waals surface area contributed by atoms with Crippen LogP contribution >= 0.6 is 12.4 Å². The quantitative estimate of drug-likeness (QED) is 0.862. The van der Waals surface area contributed by atoms with Crippen LogP contribution < -0.4 is 4.90 Å². The number of nitrogens with zero attached hydrogens (tertiary/aromatic N) is 3. The second-order valence-corrected chi connectivity index (χ2v) is 5.66. The minimum atomic E-state index is -0.249. The maximum atomic E-state index is 11.5. The summed E-state index contributed by atoms with van der Waals surface area (Å²) in [6.07, 6.45) is 0.187. The molecule has 1 saturated heterocycles. The molecule has 23 heavy (non-hydrogen) atoms. The molecule has 0 spiro atoms. The normalized spacial score (nSPS) is 15.5. The summed E-state index contributed by atoms with van der Waals surface area (Å²) in [7, 11) is 2.15. The number of fused-ring (bicyclic) bond motifs is 1. The standard InChI is InChI=1S/C16H22N4O2.ClH/c1-3-22-16(21)11-15-17-13-5-4-12(10-14(13)18-15)20-8-6-19(2)7-9-20;/h4-5,10H,3,6-9,11H2,1-2H3,(H,17,18);1H. The van der Waals surface area contributed by atoms with Crippen LogP contribution in [0.5, 0.6) is 0 Å². The van der Waals surface area contributed by atoms with Crippen LogP contribution in [0.3, 0.4) is 0 Å². The highest BCUT2D eigenvalue weighted by Gasteiger charge is 2.15. The molecule has 0 saturated carbocycles. The van der Waals surface area contributed by atoms with Crippen LogP contribution in [0.2, 0.25) is 0 Å². The van der Waals surface area contributed by atoms with Crippen LogP contribution in [-0.2, 0) is 16.0 Å². The molecule has 0 aliphatic carbocycles. The second-order valence-electron chi connectivity index (χ2n) is 5.66. The summed E-state index contributed by atoms with van der Waals surface area (Å²) >= 11 is 0. The number of piperazine rings is 1. The molecule has 126 valence electrons. The molecule has 0 amide bonds. The third kappa shape index (κ3) is 4.14. The van der Waals surface area contributed by atoms with Crippen LogP contribution in [0, 0.1) is 0 Å². The Balaban J connectivity index is 0.00000192. The van der Waals surface area contributed by atoms with Gasteiger partial charge in [-0.15, -0.1) is 12.4 Å². The van der Waals surface area contributed by atoms with E-state index in [0.29, 0.717) is 12.4 Å². The molecule has 0 atom stereocenters. The van der Waals surface area contributed by atoms with E-state index in [1.54, 1.807) is 6.92 Å². The molecule has 1 aliphatic rings. The fourth-order valence-corrected chi connectivity index (χ4v) is 2.74. The number of nitrogens with one attached hydrogen (secondary N) is 1. The Hall–Kier alpha value is -1.79. The molecule has 1 N–H and O–H groups in total. The highest BCUT2D eigenvalue weighted by Crippen LogP contribution is 2.22. The van der Waals surface area contributed by atoms with Crippen LogP contribution in [0.1, 0.15) is 12.7 Å². The molecule has 1 aromatic heterocycles. The van der Waals surface area contributed by atoms with Gasteiger partial charge in [0.05, 0.1) is 17.6 Å². The Morgan fingerprint density at radius 2 is 2.04 bits per heavy atom. The monoisotopic (exact) mass is 338 g/mol. The van der Waals surface area contributed by atoms with E-state index in [9.17, 15) is 4.79 Å². The zero-order valence-corrected chi connectivity index (χ0v) is 14.4. The lowest BCUT2D eigenvalue weighted by Gasteiger charge is -2.34. The number of aromatic nitrogens is 2. The Bertz CT molecular complexity index is 665. The number of esters is 1.